The van der Waals surface area contributed by atoms with E-state index < -0.39 is 5.54 Å². The molecule has 0 aliphatic heterocycles. The first-order chi connectivity index (χ1) is 7.67. The van der Waals surface area contributed by atoms with Crippen LogP contribution >= 0.6 is 0 Å². The van der Waals surface area contributed by atoms with Gasteiger partial charge in [0, 0.05) is 25.6 Å². The summed E-state index contributed by atoms with van der Waals surface area (Å²) in [6.07, 6.45) is 1.74. The fourth-order valence-corrected chi connectivity index (χ4v) is 2.10. The zero-order valence-corrected chi connectivity index (χ0v) is 9.66. The van der Waals surface area contributed by atoms with Gasteiger partial charge in [0.25, 0.3) is 0 Å². The average Bonchev–Trinajstić information content (AvgIpc) is 2.23. The summed E-state index contributed by atoms with van der Waals surface area (Å²) in [4.78, 5) is 0. The van der Waals surface area contributed by atoms with Crippen molar-refractivity contribution in [2.24, 2.45) is 0 Å². The van der Waals surface area contributed by atoms with Crippen molar-refractivity contribution in [1.82, 2.24) is 0 Å². The minimum Gasteiger partial charge on any atom is -0.381 e. The zero-order chi connectivity index (χ0) is 11.6. The maximum Gasteiger partial charge on any atom is 0.130 e. The van der Waals surface area contributed by atoms with Crippen LogP contribution in [0.1, 0.15) is 18.4 Å². The Bertz CT molecular complexity index is 416. The molecule has 1 fully saturated rings. The van der Waals surface area contributed by atoms with E-state index >= 15 is 0 Å². The van der Waals surface area contributed by atoms with E-state index in [0.717, 1.165) is 18.5 Å². The van der Waals surface area contributed by atoms with E-state index in [1.807, 2.05) is 25.1 Å². The molecule has 0 spiro atoms. The number of hydrogen-bond acceptors (Lipinski definition) is 3. The average molecular weight is 216 g/mol. The van der Waals surface area contributed by atoms with Gasteiger partial charge in [-0.2, -0.15) is 5.26 Å². The molecule has 0 aromatic heterocycles. The molecule has 0 unspecified atom stereocenters. The van der Waals surface area contributed by atoms with Crippen molar-refractivity contribution < 1.29 is 4.74 Å². The number of hydrogen-bond donors (Lipinski definition) is 1. The summed E-state index contributed by atoms with van der Waals surface area (Å²) in [5.74, 6) is 0. The van der Waals surface area contributed by atoms with E-state index in [9.17, 15) is 5.26 Å². The Kier molecular flexibility index (Phi) is 2.84. The van der Waals surface area contributed by atoms with Crippen LogP contribution in [0.4, 0.5) is 5.69 Å². The molecule has 0 amide bonds. The van der Waals surface area contributed by atoms with Gasteiger partial charge in [-0.25, -0.2) is 0 Å². The highest BCUT2D eigenvalue weighted by molar-refractivity contribution is 5.50. The number of nitrogens with zero attached hydrogens (tertiary/aromatic N) is 1. The van der Waals surface area contributed by atoms with Gasteiger partial charge < -0.3 is 10.1 Å². The third-order valence-electron chi connectivity index (χ3n) is 3.10. The predicted molar refractivity (Wildman–Crippen MR) is 63.2 cm³/mol. The molecule has 1 aliphatic carbocycles. The lowest BCUT2D eigenvalue weighted by Crippen LogP contribution is -2.52. The number of rotatable bonds is 3. The molecule has 1 saturated carbocycles. The quantitative estimate of drug-likeness (QED) is 0.844. The van der Waals surface area contributed by atoms with Crippen LogP contribution in [0.25, 0.3) is 0 Å². The van der Waals surface area contributed by atoms with Gasteiger partial charge in [-0.15, -0.1) is 0 Å². The Balaban J connectivity index is 2.07. The second-order valence-corrected chi connectivity index (χ2v) is 4.45. The third kappa shape index (κ3) is 2.02. The molecular formula is C13H16N2O. The normalized spacial score (nSPS) is 27.9. The monoisotopic (exact) mass is 216 g/mol. The Morgan fingerprint density at radius 2 is 2.25 bits per heavy atom. The fraction of sp³-hybridized carbons (Fsp3) is 0.462. The first kappa shape index (κ1) is 11.0. The van der Waals surface area contributed by atoms with Crippen LogP contribution in [-0.2, 0) is 4.74 Å². The molecular weight excluding hydrogens is 200 g/mol. The van der Waals surface area contributed by atoms with Gasteiger partial charge in [0.05, 0.1) is 12.2 Å². The van der Waals surface area contributed by atoms with Crippen molar-refractivity contribution in [3.05, 3.63) is 29.8 Å². The number of nitriles is 1. The molecule has 0 bridgehead atoms. The zero-order valence-electron chi connectivity index (χ0n) is 9.66. The minimum atomic E-state index is -0.436. The van der Waals surface area contributed by atoms with Crippen LogP contribution < -0.4 is 5.32 Å². The number of anilines is 1. The van der Waals surface area contributed by atoms with Crippen molar-refractivity contribution in [3.63, 3.8) is 0 Å². The molecule has 1 aromatic carbocycles. The topological polar surface area (TPSA) is 45.0 Å². The van der Waals surface area contributed by atoms with Crippen molar-refractivity contribution >= 4 is 5.69 Å². The summed E-state index contributed by atoms with van der Waals surface area (Å²) < 4.78 is 5.21. The van der Waals surface area contributed by atoms with Crippen LogP contribution in [-0.4, -0.2) is 18.8 Å². The Hall–Kier alpha value is -1.53. The SMILES string of the molecule is COC1CC(C#N)(Nc2cccc(C)c2)C1. The van der Waals surface area contributed by atoms with E-state index in [1.165, 1.54) is 5.56 Å². The molecule has 84 valence electrons. The highest BCUT2D eigenvalue weighted by Crippen LogP contribution is 2.36. The van der Waals surface area contributed by atoms with Gasteiger partial charge in [-0.1, -0.05) is 12.1 Å². The summed E-state index contributed by atoms with van der Waals surface area (Å²) in [6, 6.07) is 10.4. The number of methoxy groups -OCH3 is 1. The van der Waals surface area contributed by atoms with E-state index in [2.05, 4.69) is 17.5 Å². The van der Waals surface area contributed by atoms with Gasteiger partial charge in [-0.05, 0) is 24.6 Å². The third-order valence-corrected chi connectivity index (χ3v) is 3.10. The summed E-state index contributed by atoms with van der Waals surface area (Å²) >= 11 is 0. The van der Waals surface area contributed by atoms with E-state index in [1.54, 1.807) is 7.11 Å². The minimum absolute atomic E-state index is 0.219. The van der Waals surface area contributed by atoms with Gasteiger partial charge in [0.1, 0.15) is 5.54 Å². The predicted octanol–water partition coefficient (Wildman–Crippen LogP) is 2.48. The maximum absolute atomic E-state index is 9.21. The first-order valence-electron chi connectivity index (χ1n) is 5.46. The molecule has 1 N–H and O–H groups in total. The number of aryl methyl sites for hydroxylation is 1. The van der Waals surface area contributed by atoms with Crippen molar-refractivity contribution in [3.8, 4) is 6.07 Å². The molecule has 0 saturated heterocycles. The Labute approximate surface area is 96.0 Å². The molecule has 0 atom stereocenters. The van der Waals surface area contributed by atoms with Crippen LogP contribution in [0, 0.1) is 18.3 Å². The number of nitrogens with one attached hydrogen (secondary N) is 1. The highest BCUT2D eigenvalue weighted by atomic mass is 16.5. The smallest absolute Gasteiger partial charge is 0.130 e. The first-order valence-corrected chi connectivity index (χ1v) is 5.46. The Morgan fingerprint density at radius 3 is 2.81 bits per heavy atom. The maximum atomic E-state index is 9.21. The standard InChI is InChI=1S/C13H16N2O/c1-10-4-3-5-11(6-10)15-13(9-14)7-12(8-13)16-2/h3-6,12,15H,7-8H2,1-2H3. The van der Waals surface area contributed by atoms with Gasteiger partial charge in [0.15, 0.2) is 0 Å². The second kappa shape index (κ2) is 4.15. The molecule has 0 radical (unpaired) electrons. The van der Waals surface area contributed by atoms with Gasteiger partial charge in [0.2, 0.25) is 0 Å². The van der Waals surface area contributed by atoms with Crippen molar-refractivity contribution in [2.75, 3.05) is 12.4 Å². The summed E-state index contributed by atoms with van der Waals surface area (Å²) in [5, 5.41) is 12.5. The molecule has 3 nitrogen and oxygen atoms in total. The fourth-order valence-electron chi connectivity index (χ4n) is 2.10. The van der Waals surface area contributed by atoms with Gasteiger partial charge >= 0.3 is 0 Å². The van der Waals surface area contributed by atoms with E-state index in [0.29, 0.717) is 0 Å². The van der Waals surface area contributed by atoms with Crippen molar-refractivity contribution in [2.45, 2.75) is 31.4 Å². The van der Waals surface area contributed by atoms with E-state index in [-0.39, 0.29) is 6.10 Å². The largest absolute Gasteiger partial charge is 0.381 e. The molecule has 3 heteroatoms. The van der Waals surface area contributed by atoms with Crippen molar-refractivity contribution in [1.29, 1.82) is 5.26 Å². The van der Waals surface area contributed by atoms with E-state index in [4.69, 9.17) is 4.74 Å². The van der Waals surface area contributed by atoms with Crippen LogP contribution in [0.15, 0.2) is 24.3 Å². The van der Waals surface area contributed by atoms with Crippen LogP contribution in [0.3, 0.4) is 0 Å². The summed E-state index contributed by atoms with van der Waals surface area (Å²) in [5.41, 5.74) is 1.77. The molecule has 16 heavy (non-hydrogen) atoms. The highest BCUT2D eigenvalue weighted by Gasteiger charge is 2.45. The summed E-state index contributed by atoms with van der Waals surface area (Å²) in [6.45, 7) is 2.04. The number of ether oxygens (including phenoxy) is 1. The molecule has 0 heterocycles. The van der Waals surface area contributed by atoms with Gasteiger partial charge in [-0.3, -0.25) is 0 Å². The lowest BCUT2D eigenvalue weighted by atomic mass is 9.75. The molecule has 2 rings (SSSR count). The summed E-state index contributed by atoms with van der Waals surface area (Å²) in [7, 11) is 1.69. The molecule has 1 aromatic rings. The molecule has 1 aliphatic rings. The van der Waals surface area contributed by atoms with Crippen LogP contribution in [0.2, 0.25) is 0 Å². The van der Waals surface area contributed by atoms with Crippen LogP contribution in [0.5, 0.6) is 0 Å². The number of benzene rings is 1. The Morgan fingerprint density at radius 1 is 1.50 bits per heavy atom. The lowest BCUT2D eigenvalue weighted by Gasteiger charge is -2.42. The lowest BCUT2D eigenvalue weighted by molar-refractivity contribution is 0.0129. The second-order valence-electron chi connectivity index (χ2n) is 4.45.